The van der Waals surface area contributed by atoms with Gasteiger partial charge < -0.3 is 4.90 Å². The SMILES string of the molecule is CC(C)(C)C(=O)N1c2ccc(Cl)cc2[C@@H](c2ccccc2F)[C@@H]1/C=C/c1ccccc1. The molecule has 0 spiro atoms. The summed E-state index contributed by atoms with van der Waals surface area (Å²) in [5, 5.41) is 0.566. The van der Waals surface area contributed by atoms with Crippen LogP contribution in [0.3, 0.4) is 0 Å². The Labute approximate surface area is 188 Å². The van der Waals surface area contributed by atoms with E-state index >= 15 is 0 Å². The van der Waals surface area contributed by atoms with Crippen LogP contribution in [0.5, 0.6) is 0 Å². The Hall–Kier alpha value is -2.91. The van der Waals surface area contributed by atoms with Crippen molar-refractivity contribution in [2.45, 2.75) is 32.7 Å². The van der Waals surface area contributed by atoms with E-state index in [9.17, 15) is 9.18 Å². The van der Waals surface area contributed by atoms with Gasteiger partial charge in [-0.3, -0.25) is 4.79 Å². The molecule has 0 aromatic heterocycles. The number of hydrogen-bond donors (Lipinski definition) is 0. The zero-order chi connectivity index (χ0) is 22.2. The Bertz CT molecular complexity index is 1130. The summed E-state index contributed by atoms with van der Waals surface area (Å²) in [7, 11) is 0. The van der Waals surface area contributed by atoms with Gasteiger partial charge in [0.2, 0.25) is 5.91 Å². The topological polar surface area (TPSA) is 20.3 Å². The summed E-state index contributed by atoms with van der Waals surface area (Å²) in [6.45, 7) is 5.71. The molecule has 0 radical (unpaired) electrons. The van der Waals surface area contributed by atoms with Crippen molar-refractivity contribution in [3.8, 4) is 0 Å². The molecule has 1 heterocycles. The van der Waals surface area contributed by atoms with Gasteiger partial charge >= 0.3 is 0 Å². The van der Waals surface area contributed by atoms with Crippen molar-refractivity contribution in [3.63, 3.8) is 0 Å². The van der Waals surface area contributed by atoms with Crippen molar-refractivity contribution in [3.05, 3.63) is 106 Å². The van der Waals surface area contributed by atoms with Gasteiger partial charge in [0, 0.05) is 22.0 Å². The highest BCUT2D eigenvalue weighted by Crippen LogP contribution is 2.48. The van der Waals surface area contributed by atoms with Gasteiger partial charge in [-0.25, -0.2) is 4.39 Å². The molecule has 3 aromatic carbocycles. The van der Waals surface area contributed by atoms with Crippen molar-refractivity contribution < 1.29 is 9.18 Å². The second-order valence-electron chi connectivity index (χ2n) is 8.89. The summed E-state index contributed by atoms with van der Waals surface area (Å²) in [6.07, 6.45) is 4.00. The van der Waals surface area contributed by atoms with Crippen LogP contribution < -0.4 is 4.90 Å². The molecule has 1 aliphatic heterocycles. The van der Waals surface area contributed by atoms with E-state index in [0.29, 0.717) is 10.6 Å². The van der Waals surface area contributed by atoms with Gasteiger partial charge in [-0.05, 0) is 41.0 Å². The normalized spacial score (nSPS) is 18.4. The van der Waals surface area contributed by atoms with E-state index < -0.39 is 5.41 Å². The third-order valence-corrected chi connectivity index (χ3v) is 5.85. The summed E-state index contributed by atoms with van der Waals surface area (Å²) in [6, 6.07) is 21.8. The zero-order valence-electron chi connectivity index (χ0n) is 17.8. The van der Waals surface area contributed by atoms with Crippen molar-refractivity contribution >= 4 is 29.3 Å². The minimum Gasteiger partial charge on any atom is -0.304 e. The van der Waals surface area contributed by atoms with Gasteiger partial charge in [0.25, 0.3) is 0 Å². The van der Waals surface area contributed by atoms with Gasteiger partial charge in [0.15, 0.2) is 0 Å². The van der Waals surface area contributed by atoms with Crippen LogP contribution in [0.4, 0.5) is 10.1 Å². The highest BCUT2D eigenvalue weighted by molar-refractivity contribution is 6.30. The maximum Gasteiger partial charge on any atom is 0.232 e. The molecule has 3 aromatic rings. The van der Waals surface area contributed by atoms with E-state index in [4.69, 9.17) is 11.6 Å². The van der Waals surface area contributed by atoms with Crippen LogP contribution in [-0.4, -0.2) is 11.9 Å². The predicted molar refractivity (Wildman–Crippen MR) is 126 cm³/mol. The highest BCUT2D eigenvalue weighted by atomic mass is 35.5. The molecule has 0 fully saturated rings. The van der Waals surface area contributed by atoms with E-state index in [-0.39, 0.29) is 23.7 Å². The molecule has 0 saturated heterocycles. The summed E-state index contributed by atoms with van der Waals surface area (Å²) < 4.78 is 15.0. The molecule has 4 heteroatoms. The van der Waals surface area contributed by atoms with Gasteiger partial charge in [-0.1, -0.05) is 93.1 Å². The summed E-state index contributed by atoms with van der Waals surface area (Å²) >= 11 is 6.34. The van der Waals surface area contributed by atoms with Crippen molar-refractivity contribution in [1.29, 1.82) is 0 Å². The van der Waals surface area contributed by atoms with E-state index in [2.05, 4.69) is 0 Å². The van der Waals surface area contributed by atoms with Gasteiger partial charge in [0.05, 0.1) is 6.04 Å². The molecule has 31 heavy (non-hydrogen) atoms. The van der Waals surface area contributed by atoms with Gasteiger partial charge in [-0.15, -0.1) is 0 Å². The van der Waals surface area contributed by atoms with E-state index in [1.54, 1.807) is 18.2 Å². The van der Waals surface area contributed by atoms with E-state index in [1.165, 1.54) is 6.07 Å². The zero-order valence-corrected chi connectivity index (χ0v) is 18.6. The number of hydrogen-bond acceptors (Lipinski definition) is 1. The Morgan fingerprint density at radius 2 is 1.65 bits per heavy atom. The lowest BCUT2D eigenvalue weighted by molar-refractivity contribution is -0.126. The van der Waals surface area contributed by atoms with Crippen molar-refractivity contribution in [1.82, 2.24) is 0 Å². The first kappa shape index (κ1) is 21.3. The standard InChI is InChI=1S/C27H25ClFNO/c1-27(2,3)26(31)30-23-16-14-19(28)17-21(23)25(20-11-7-8-12-22(20)29)24(30)15-13-18-9-5-4-6-10-18/h4-17,24-25H,1-3H3/b15-13+/t24-,25+/m0/s1. The van der Waals surface area contributed by atoms with Crippen LogP contribution in [0.15, 0.2) is 78.9 Å². The molecule has 0 bridgehead atoms. The third kappa shape index (κ3) is 4.15. The molecular weight excluding hydrogens is 409 g/mol. The first-order valence-electron chi connectivity index (χ1n) is 10.4. The van der Waals surface area contributed by atoms with Crippen molar-refractivity contribution in [2.24, 2.45) is 5.41 Å². The average molecular weight is 434 g/mol. The lowest BCUT2D eigenvalue weighted by atomic mass is 9.86. The minimum absolute atomic E-state index is 0.0161. The first-order chi connectivity index (χ1) is 14.8. The molecule has 4 rings (SSSR count). The average Bonchev–Trinajstić information content (AvgIpc) is 3.05. The lowest BCUT2D eigenvalue weighted by Crippen LogP contribution is -2.44. The molecule has 2 nitrogen and oxygen atoms in total. The second kappa shape index (κ2) is 8.32. The van der Waals surface area contributed by atoms with E-state index in [0.717, 1.165) is 16.8 Å². The number of carbonyl (C=O) groups is 1. The van der Waals surface area contributed by atoms with Crippen LogP contribution in [0, 0.1) is 11.2 Å². The van der Waals surface area contributed by atoms with Crippen LogP contribution in [0.1, 0.15) is 43.4 Å². The number of carbonyl (C=O) groups excluding carboxylic acids is 1. The number of rotatable bonds is 3. The third-order valence-electron chi connectivity index (χ3n) is 5.61. The second-order valence-corrected chi connectivity index (χ2v) is 9.32. The number of nitrogens with zero attached hydrogens (tertiary/aromatic N) is 1. The molecule has 1 amide bonds. The Balaban J connectivity index is 1.92. The Morgan fingerprint density at radius 1 is 0.968 bits per heavy atom. The lowest BCUT2D eigenvalue weighted by Gasteiger charge is -2.32. The number of amides is 1. The smallest absolute Gasteiger partial charge is 0.232 e. The molecule has 0 unspecified atom stereocenters. The maximum atomic E-state index is 15.0. The highest BCUT2D eigenvalue weighted by Gasteiger charge is 2.44. The fraction of sp³-hybridized carbons (Fsp3) is 0.222. The van der Waals surface area contributed by atoms with Crippen molar-refractivity contribution in [2.75, 3.05) is 4.90 Å². The summed E-state index contributed by atoms with van der Waals surface area (Å²) in [5.74, 6) is -0.666. The quantitative estimate of drug-likeness (QED) is 0.432. The number of fused-ring (bicyclic) bond motifs is 1. The molecule has 0 aliphatic carbocycles. The largest absolute Gasteiger partial charge is 0.304 e. The fourth-order valence-corrected chi connectivity index (χ4v) is 4.32. The monoisotopic (exact) mass is 433 g/mol. The molecule has 1 aliphatic rings. The molecule has 0 saturated carbocycles. The summed E-state index contributed by atoms with van der Waals surface area (Å²) in [5.41, 5.74) is 2.61. The van der Waals surface area contributed by atoms with Crippen LogP contribution in [-0.2, 0) is 4.79 Å². The van der Waals surface area contributed by atoms with Crippen LogP contribution in [0.25, 0.3) is 6.08 Å². The number of halogens is 2. The molecule has 0 N–H and O–H groups in total. The van der Waals surface area contributed by atoms with Gasteiger partial charge in [-0.2, -0.15) is 0 Å². The summed E-state index contributed by atoms with van der Waals surface area (Å²) in [4.78, 5) is 15.4. The fourth-order valence-electron chi connectivity index (χ4n) is 4.14. The van der Waals surface area contributed by atoms with Gasteiger partial charge in [0.1, 0.15) is 5.82 Å². The Kier molecular flexibility index (Phi) is 5.72. The molecule has 2 atom stereocenters. The number of benzene rings is 3. The van der Waals surface area contributed by atoms with Crippen LogP contribution >= 0.6 is 11.6 Å². The molecular formula is C27H25ClFNO. The van der Waals surface area contributed by atoms with E-state index in [1.807, 2.05) is 86.4 Å². The first-order valence-corrected chi connectivity index (χ1v) is 10.8. The van der Waals surface area contributed by atoms with Crippen LogP contribution in [0.2, 0.25) is 5.02 Å². The predicted octanol–water partition coefficient (Wildman–Crippen LogP) is 7.09. The maximum absolute atomic E-state index is 15.0. The Morgan fingerprint density at radius 3 is 2.32 bits per heavy atom. The number of anilines is 1. The molecule has 158 valence electrons. The minimum atomic E-state index is -0.597.